The second-order valence-corrected chi connectivity index (χ2v) is 5.98. The molecule has 0 saturated carbocycles. The Morgan fingerprint density at radius 2 is 1.75 bits per heavy atom. The number of amides is 1. The Balaban J connectivity index is 2.09. The molecule has 0 atom stereocenters. The summed E-state index contributed by atoms with van der Waals surface area (Å²) in [5, 5.41) is 11.8. The van der Waals surface area contributed by atoms with Crippen molar-refractivity contribution in [2.45, 2.75) is 6.42 Å². The van der Waals surface area contributed by atoms with E-state index in [2.05, 4.69) is 43.2 Å². The second kappa shape index (κ2) is 6.69. The highest BCUT2D eigenvalue weighted by atomic mass is 79.9. The average Bonchev–Trinajstić information content (AvgIpc) is 2.43. The van der Waals surface area contributed by atoms with E-state index >= 15 is 0 Å². The minimum atomic E-state index is -0.147. The molecular weight excluding hydrogens is 384 g/mol. The quantitative estimate of drug-likeness (QED) is 0.846. The average molecular weight is 394 g/mol. The minimum absolute atomic E-state index is 0.147. The summed E-state index contributed by atoms with van der Waals surface area (Å²) in [5.41, 5.74) is 1.88. The Labute approximate surface area is 133 Å². The molecule has 0 spiro atoms. The van der Waals surface area contributed by atoms with Crippen LogP contribution in [0.15, 0.2) is 51.4 Å². The molecule has 0 aromatic heterocycles. The van der Waals surface area contributed by atoms with Crippen LogP contribution >= 0.6 is 31.9 Å². The van der Waals surface area contributed by atoms with E-state index in [9.17, 15) is 4.79 Å². The number of carbonyl (C=O) groups is 1. The molecule has 3 nitrogen and oxygen atoms in total. The monoisotopic (exact) mass is 392 g/mol. The van der Waals surface area contributed by atoms with E-state index in [0.717, 1.165) is 14.5 Å². The zero-order chi connectivity index (χ0) is 14.5. The standard InChI is InChI=1S/C15H10Br2N2O/c16-12-3-1-10(2-4-12)7-15(20)19-14-6-5-13(17)8-11(14)9-18/h1-6,8H,7H2,(H,19,20). The summed E-state index contributed by atoms with van der Waals surface area (Å²) in [6.07, 6.45) is 0.272. The lowest BCUT2D eigenvalue weighted by atomic mass is 10.1. The Morgan fingerprint density at radius 3 is 2.40 bits per heavy atom. The molecular formula is C15H10Br2N2O. The maximum absolute atomic E-state index is 12.0. The van der Waals surface area contributed by atoms with Gasteiger partial charge in [0.15, 0.2) is 0 Å². The number of nitrogens with zero attached hydrogens (tertiary/aromatic N) is 1. The lowest BCUT2D eigenvalue weighted by Crippen LogP contribution is -2.15. The molecule has 5 heteroatoms. The summed E-state index contributed by atoms with van der Waals surface area (Å²) in [7, 11) is 0. The molecule has 0 saturated heterocycles. The van der Waals surface area contributed by atoms with Gasteiger partial charge in [-0.05, 0) is 35.9 Å². The van der Waals surface area contributed by atoms with Gasteiger partial charge in [0.05, 0.1) is 17.7 Å². The van der Waals surface area contributed by atoms with Crippen molar-refractivity contribution in [3.63, 3.8) is 0 Å². The van der Waals surface area contributed by atoms with E-state index in [1.807, 2.05) is 24.3 Å². The third kappa shape index (κ3) is 3.92. The van der Waals surface area contributed by atoms with E-state index in [0.29, 0.717) is 11.3 Å². The lowest BCUT2D eigenvalue weighted by molar-refractivity contribution is -0.115. The van der Waals surface area contributed by atoms with E-state index < -0.39 is 0 Å². The molecule has 2 aromatic rings. The Kier molecular flexibility index (Phi) is 4.94. The molecule has 1 N–H and O–H groups in total. The van der Waals surface area contributed by atoms with Crippen LogP contribution in [0.4, 0.5) is 5.69 Å². The van der Waals surface area contributed by atoms with Crippen LogP contribution in [0, 0.1) is 11.3 Å². The molecule has 2 aromatic carbocycles. The van der Waals surface area contributed by atoms with Gasteiger partial charge in [0, 0.05) is 8.95 Å². The zero-order valence-electron chi connectivity index (χ0n) is 10.4. The molecule has 0 unspecified atom stereocenters. The lowest BCUT2D eigenvalue weighted by Gasteiger charge is -2.07. The highest BCUT2D eigenvalue weighted by Crippen LogP contribution is 2.20. The van der Waals surface area contributed by atoms with Crippen LogP contribution in [0.5, 0.6) is 0 Å². The first-order chi connectivity index (χ1) is 9.58. The number of hydrogen-bond acceptors (Lipinski definition) is 2. The van der Waals surface area contributed by atoms with Crippen LogP contribution < -0.4 is 5.32 Å². The number of rotatable bonds is 3. The Morgan fingerprint density at radius 1 is 1.10 bits per heavy atom. The van der Waals surface area contributed by atoms with Crippen molar-refractivity contribution in [3.05, 3.63) is 62.5 Å². The van der Waals surface area contributed by atoms with Gasteiger partial charge in [-0.25, -0.2) is 0 Å². The van der Waals surface area contributed by atoms with Gasteiger partial charge in [-0.2, -0.15) is 5.26 Å². The summed E-state index contributed by atoms with van der Waals surface area (Å²) in [6.45, 7) is 0. The number of nitrogens with one attached hydrogen (secondary N) is 1. The number of halogens is 2. The molecule has 0 fully saturated rings. The van der Waals surface area contributed by atoms with E-state index in [4.69, 9.17) is 5.26 Å². The SMILES string of the molecule is N#Cc1cc(Br)ccc1NC(=O)Cc1ccc(Br)cc1. The van der Waals surface area contributed by atoms with Crippen LogP contribution in [0.3, 0.4) is 0 Å². The van der Waals surface area contributed by atoms with Gasteiger partial charge in [-0.3, -0.25) is 4.79 Å². The highest BCUT2D eigenvalue weighted by Gasteiger charge is 2.08. The fourth-order valence-electron chi connectivity index (χ4n) is 1.70. The van der Waals surface area contributed by atoms with Crippen molar-refractivity contribution in [2.75, 3.05) is 5.32 Å². The van der Waals surface area contributed by atoms with E-state index in [1.54, 1.807) is 18.2 Å². The van der Waals surface area contributed by atoms with Crippen molar-refractivity contribution < 1.29 is 4.79 Å². The van der Waals surface area contributed by atoms with Crippen molar-refractivity contribution >= 4 is 43.5 Å². The van der Waals surface area contributed by atoms with Crippen LogP contribution in [0.1, 0.15) is 11.1 Å². The van der Waals surface area contributed by atoms with Gasteiger partial charge in [-0.15, -0.1) is 0 Å². The predicted molar refractivity (Wildman–Crippen MR) is 85.3 cm³/mol. The molecule has 0 heterocycles. The Hall–Kier alpha value is -1.64. The number of anilines is 1. The predicted octanol–water partition coefficient (Wildman–Crippen LogP) is 4.26. The number of hydrogen-bond donors (Lipinski definition) is 1. The summed E-state index contributed by atoms with van der Waals surface area (Å²) in [6, 6.07) is 14.8. The van der Waals surface area contributed by atoms with Crippen LogP contribution in [-0.2, 0) is 11.2 Å². The molecule has 0 radical (unpaired) electrons. The summed E-state index contributed by atoms with van der Waals surface area (Å²) in [4.78, 5) is 12.0. The molecule has 100 valence electrons. The first kappa shape index (κ1) is 14.8. The van der Waals surface area contributed by atoms with E-state index in [1.165, 1.54) is 0 Å². The topological polar surface area (TPSA) is 52.9 Å². The molecule has 1 amide bonds. The molecule has 0 aliphatic carbocycles. The number of nitriles is 1. The number of carbonyl (C=O) groups excluding carboxylic acids is 1. The van der Waals surface area contributed by atoms with Gasteiger partial charge < -0.3 is 5.32 Å². The second-order valence-electron chi connectivity index (χ2n) is 4.15. The van der Waals surface area contributed by atoms with Gasteiger partial charge in [0.1, 0.15) is 6.07 Å². The van der Waals surface area contributed by atoms with Crippen LogP contribution in [-0.4, -0.2) is 5.91 Å². The first-order valence-corrected chi connectivity index (χ1v) is 7.41. The van der Waals surface area contributed by atoms with Gasteiger partial charge in [0.2, 0.25) is 5.91 Å². The van der Waals surface area contributed by atoms with Crippen LogP contribution in [0.25, 0.3) is 0 Å². The summed E-state index contributed by atoms with van der Waals surface area (Å²) in [5.74, 6) is -0.147. The maximum Gasteiger partial charge on any atom is 0.228 e. The van der Waals surface area contributed by atoms with Crippen LogP contribution in [0.2, 0.25) is 0 Å². The normalized spacial score (nSPS) is 9.85. The van der Waals surface area contributed by atoms with Crippen molar-refractivity contribution in [3.8, 4) is 6.07 Å². The van der Waals surface area contributed by atoms with Gasteiger partial charge in [0.25, 0.3) is 0 Å². The van der Waals surface area contributed by atoms with Crippen molar-refractivity contribution in [1.82, 2.24) is 0 Å². The smallest absolute Gasteiger partial charge is 0.228 e. The largest absolute Gasteiger partial charge is 0.325 e. The summed E-state index contributed by atoms with van der Waals surface area (Å²) < 4.78 is 1.78. The highest BCUT2D eigenvalue weighted by molar-refractivity contribution is 9.10. The first-order valence-electron chi connectivity index (χ1n) is 5.82. The Bertz CT molecular complexity index is 675. The molecule has 0 bridgehead atoms. The maximum atomic E-state index is 12.0. The summed E-state index contributed by atoms with van der Waals surface area (Å²) >= 11 is 6.65. The van der Waals surface area contributed by atoms with Crippen molar-refractivity contribution in [1.29, 1.82) is 5.26 Å². The molecule has 20 heavy (non-hydrogen) atoms. The molecule has 0 aliphatic heterocycles. The van der Waals surface area contributed by atoms with E-state index in [-0.39, 0.29) is 12.3 Å². The third-order valence-electron chi connectivity index (χ3n) is 2.65. The third-order valence-corrected chi connectivity index (χ3v) is 3.68. The zero-order valence-corrected chi connectivity index (χ0v) is 13.5. The number of benzene rings is 2. The fourth-order valence-corrected chi connectivity index (χ4v) is 2.33. The fraction of sp³-hybridized carbons (Fsp3) is 0.0667. The van der Waals surface area contributed by atoms with Gasteiger partial charge in [-0.1, -0.05) is 44.0 Å². The molecule has 2 rings (SSSR count). The molecule has 0 aliphatic rings. The van der Waals surface area contributed by atoms with Gasteiger partial charge >= 0.3 is 0 Å². The minimum Gasteiger partial charge on any atom is -0.325 e. The van der Waals surface area contributed by atoms with Crippen molar-refractivity contribution in [2.24, 2.45) is 0 Å².